The van der Waals surface area contributed by atoms with Gasteiger partial charge in [-0.3, -0.25) is 4.68 Å². The molecule has 0 bridgehead atoms. The SMILES string of the molecule is CC(N)Cc1cc(F)c(OCc2ccn(C)n2)c(F)c1. The number of aromatic nitrogens is 2. The Bertz CT molecular complexity index is 573. The Morgan fingerprint density at radius 2 is 2.00 bits per heavy atom. The summed E-state index contributed by atoms with van der Waals surface area (Å²) in [5.74, 6) is -1.84. The van der Waals surface area contributed by atoms with E-state index in [1.165, 1.54) is 12.1 Å². The number of aryl methyl sites for hydroxylation is 1. The largest absolute Gasteiger partial charge is 0.481 e. The lowest BCUT2D eigenvalue weighted by Gasteiger charge is -2.10. The number of hydrogen-bond acceptors (Lipinski definition) is 3. The van der Waals surface area contributed by atoms with Crippen LogP contribution in [-0.2, 0) is 20.1 Å². The molecule has 2 N–H and O–H groups in total. The fourth-order valence-corrected chi connectivity index (χ4v) is 1.93. The standard InChI is InChI=1S/C14H17F2N3O/c1-9(17)5-10-6-12(15)14(13(16)7-10)20-8-11-3-4-19(2)18-11/h3-4,6-7,9H,5,8,17H2,1-2H3. The molecule has 0 saturated carbocycles. The van der Waals surface area contributed by atoms with Crippen molar-refractivity contribution in [1.29, 1.82) is 0 Å². The van der Waals surface area contributed by atoms with Crippen molar-refractivity contribution in [3.8, 4) is 5.75 Å². The van der Waals surface area contributed by atoms with E-state index in [0.29, 0.717) is 17.7 Å². The van der Waals surface area contributed by atoms with E-state index in [-0.39, 0.29) is 18.4 Å². The predicted molar refractivity (Wildman–Crippen MR) is 71.3 cm³/mol. The van der Waals surface area contributed by atoms with Gasteiger partial charge in [0.15, 0.2) is 17.4 Å². The summed E-state index contributed by atoms with van der Waals surface area (Å²) in [4.78, 5) is 0. The average molecular weight is 281 g/mol. The van der Waals surface area contributed by atoms with Crippen molar-refractivity contribution in [3.63, 3.8) is 0 Å². The third-order valence-electron chi connectivity index (χ3n) is 2.75. The van der Waals surface area contributed by atoms with Crippen molar-refractivity contribution in [1.82, 2.24) is 9.78 Å². The minimum atomic E-state index is -0.725. The van der Waals surface area contributed by atoms with Crippen molar-refractivity contribution in [2.45, 2.75) is 26.0 Å². The summed E-state index contributed by atoms with van der Waals surface area (Å²) in [6, 6.07) is 4.06. The van der Waals surface area contributed by atoms with Crippen LogP contribution in [0.15, 0.2) is 24.4 Å². The molecule has 1 atom stereocenters. The maximum absolute atomic E-state index is 13.8. The highest BCUT2D eigenvalue weighted by atomic mass is 19.1. The van der Waals surface area contributed by atoms with Crippen molar-refractivity contribution in [2.75, 3.05) is 0 Å². The average Bonchev–Trinajstić information content (AvgIpc) is 2.73. The van der Waals surface area contributed by atoms with E-state index in [0.717, 1.165) is 0 Å². The molecule has 20 heavy (non-hydrogen) atoms. The molecule has 1 aromatic carbocycles. The van der Waals surface area contributed by atoms with E-state index in [1.54, 1.807) is 30.9 Å². The number of ether oxygens (including phenoxy) is 1. The van der Waals surface area contributed by atoms with Crippen molar-refractivity contribution < 1.29 is 13.5 Å². The topological polar surface area (TPSA) is 53.1 Å². The first-order valence-corrected chi connectivity index (χ1v) is 6.30. The monoisotopic (exact) mass is 281 g/mol. The van der Waals surface area contributed by atoms with Crippen LogP contribution in [0.4, 0.5) is 8.78 Å². The Balaban J connectivity index is 2.11. The molecular weight excluding hydrogens is 264 g/mol. The van der Waals surface area contributed by atoms with E-state index < -0.39 is 11.6 Å². The number of rotatable bonds is 5. The van der Waals surface area contributed by atoms with Gasteiger partial charge in [0.25, 0.3) is 0 Å². The van der Waals surface area contributed by atoms with E-state index in [4.69, 9.17) is 10.5 Å². The summed E-state index contributed by atoms with van der Waals surface area (Å²) in [5.41, 5.74) is 6.73. The predicted octanol–water partition coefficient (Wildman–Crippen LogP) is 2.17. The lowest BCUT2D eigenvalue weighted by molar-refractivity contribution is 0.269. The minimum Gasteiger partial charge on any atom is -0.481 e. The zero-order valence-corrected chi connectivity index (χ0v) is 11.4. The van der Waals surface area contributed by atoms with Crippen LogP contribution >= 0.6 is 0 Å². The molecule has 2 aromatic rings. The molecule has 0 radical (unpaired) electrons. The van der Waals surface area contributed by atoms with Crippen LogP contribution in [0.5, 0.6) is 5.75 Å². The van der Waals surface area contributed by atoms with Crippen molar-refractivity contribution in [3.05, 3.63) is 47.3 Å². The zero-order chi connectivity index (χ0) is 14.7. The lowest BCUT2D eigenvalue weighted by Crippen LogP contribution is -2.18. The first-order chi connectivity index (χ1) is 9.45. The van der Waals surface area contributed by atoms with Gasteiger partial charge in [-0.1, -0.05) is 0 Å². The minimum absolute atomic E-state index is 0.0152. The zero-order valence-electron chi connectivity index (χ0n) is 11.4. The Labute approximate surface area is 116 Å². The molecule has 0 saturated heterocycles. The molecule has 108 valence electrons. The molecule has 4 nitrogen and oxygen atoms in total. The first-order valence-electron chi connectivity index (χ1n) is 6.30. The van der Waals surface area contributed by atoms with Crippen molar-refractivity contribution in [2.24, 2.45) is 12.8 Å². The highest BCUT2D eigenvalue weighted by Gasteiger charge is 2.14. The molecule has 0 aliphatic heterocycles. The molecule has 1 aromatic heterocycles. The van der Waals surface area contributed by atoms with Gasteiger partial charge in [0, 0.05) is 19.3 Å². The Morgan fingerprint density at radius 3 is 2.50 bits per heavy atom. The summed E-state index contributed by atoms with van der Waals surface area (Å²) in [6.45, 7) is 1.79. The molecule has 2 rings (SSSR count). The maximum Gasteiger partial charge on any atom is 0.191 e. The highest BCUT2D eigenvalue weighted by Crippen LogP contribution is 2.24. The fourth-order valence-electron chi connectivity index (χ4n) is 1.93. The fraction of sp³-hybridized carbons (Fsp3) is 0.357. The van der Waals surface area contributed by atoms with Gasteiger partial charge in [-0.25, -0.2) is 8.78 Å². The smallest absolute Gasteiger partial charge is 0.191 e. The van der Waals surface area contributed by atoms with Crippen LogP contribution in [0.3, 0.4) is 0 Å². The normalized spacial score (nSPS) is 12.4. The van der Waals surface area contributed by atoms with Gasteiger partial charge >= 0.3 is 0 Å². The second-order valence-corrected chi connectivity index (χ2v) is 4.84. The number of nitrogens with two attached hydrogens (primary N) is 1. The Kier molecular flexibility index (Phi) is 4.34. The van der Waals surface area contributed by atoms with Crippen LogP contribution in [0.25, 0.3) is 0 Å². The third kappa shape index (κ3) is 3.54. The van der Waals surface area contributed by atoms with Gasteiger partial charge in [-0.2, -0.15) is 5.10 Å². The van der Waals surface area contributed by atoms with Gasteiger partial charge in [0.2, 0.25) is 0 Å². The van der Waals surface area contributed by atoms with Gasteiger partial charge in [0.1, 0.15) is 6.61 Å². The van der Waals surface area contributed by atoms with Crippen LogP contribution in [-0.4, -0.2) is 15.8 Å². The number of hydrogen-bond donors (Lipinski definition) is 1. The summed E-state index contributed by atoms with van der Waals surface area (Å²) in [6.07, 6.45) is 2.14. The third-order valence-corrected chi connectivity index (χ3v) is 2.75. The highest BCUT2D eigenvalue weighted by molar-refractivity contribution is 5.32. The molecular formula is C14H17F2N3O. The van der Waals surface area contributed by atoms with Crippen LogP contribution in [0.2, 0.25) is 0 Å². The van der Waals surface area contributed by atoms with Crippen molar-refractivity contribution >= 4 is 0 Å². The molecule has 0 aliphatic carbocycles. The molecule has 0 spiro atoms. The van der Waals surface area contributed by atoms with Crippen LogP contribution in [0.1, 0.15) is 18.2 Å². The molecule has 6 heteroatoms. The summed E-state index contributed by atoms with van der Waals surface area (Å²) in [5, 5.41) is 4.07. The molecule has 1 unspecified atom stereocenters. The summed E-state index contributed by atoms with van der Waals surface area (Å²) in [7, 11) is 1.76. The van der Waals surface area contributed by atoms with Gasteiger partial charge in [-0.15, -0.1) is 0 Å². The lowest BCUT2D eigenvalue weighted by atomic mass is 10.1. The number of nitrogens with zero attached hydrogens (tertiary/aromatic N) is 2. The van der Waals surface area contributed by atoms with E-state index >= 15 is 0 Å². The summed E-state index contributed by atoms with van der Waals surface area (Å²) >= 11 is 0. The molecule has 0 amide bonds. The van der Waals surface area contributed by atoms with Crippen LogP contribution in [0, 0.1) is 11.6 Å². The Morgan fingerprint density at radius 1 is 1.35 bits per heavy atom. The Hall–Kier alpha value is -1.95. The second-order valence-electron chi connectivity index (χ2n) is 4.84. The van der Waals surface area contributed by atoms with E-state index in [2.05, 4.69) is 5.10 Å². The summed E-state index contributed by atoms with van der Waals surface area (Å²) < 4.78 is 34.4. The molecule has 1 heterocycles. The van der Waals surface area contributed by atoms with E-state index in [1.807, 2.05) is 0 Å². The number of halogens is 2. The molecule has 0 fully saturated rings. The maximum atomic E-state index is 13.8. The van der Waals surface area contributed by atoms with Gasteiger partial charge in [0.05, 0.1) is 5.69 Å². The second kappa shape index (κ2) is 6.00. The number of benzene rings is 1. The van der Waals surface area contributed by atoms with E-state index in [9.17, 15) is 8.78 Å². The molecule has 0 aliphatic rings. The van der Waals surface area contributed by atoms with Gasteiger partial charge in [-0.05, 0) is 37.1 Å². The quantitative estimate of drug-likeness (QED) is 0.913. The first kappa shape index (κ1) is 14.5. The van der Waals surface area contributed by atoms with Gasteiger partial charge < -0.3 is 10.5 Å². The van der Waals surface area contributed by atoms with Crippen LogP contribution < -0.4 is 10.5 Å².